The zero-order valence-electron chi connectivity index (χ0n) is 16.5. The minimum absolute atomic E-state index is 0.0234. The molecule has 3 N–H and O–H groups in total. The highest BCUT2D eigenvalue weighted by Crippen LogP contribution is 2.30. The number of carbonyl (C=O) groups is 2. The first-order chi connectivity index (χ1) is 14.7. The highest BCUT2D eigenvalue weighted by molar-refractivity contribution is 7.10. The van der Waals surface area contributed by atoms with Crippen LogP contribution in [0.4, 0.5) is 24.5 Å². The number of hydrogen-bond donors (Lipinski definition) is 3. The second-order valence-corrected chi connectivity index (χ2v) is 7.76. The first kappa shape index (κ1) is 22.5. The molecule has 1 heterocycles. The van der Waals surface area contributed by atoms with Gasteiger partial charge in [-0.2, -0.15) is 13.2 Å². The van der Waals surface area contributed by atoms with Crippen LogP contribution in [0.3, 0.4) is 0 Å². The molecule has 162 valence electrons. The van der Waals surface area contributed by atoms with Gasteiger partial charge in [0.1, 0.15) is 0 Å². The molecule has 5 nitrogen and oxygen atoms in total. The van der Waals surface area contributed by atoms with Gasteiger partial charge < -0.3 is 16.0 Å². The fraction of sp³-hybridized carbons (Fsp3) is 0.182. The van der Waals surface area contributed by atoms with Crippen LogP contribution in [0.25, 0.3) is 0 Å². The second-order valence-electron chi connectivity index (χ2n) is 6.78. The highest BCUT2D eigenvalue weighted by atomic mass is 32.1. The van der Waals surface area contributed by atoms with E-state index in [9.17, 15) is 22.8 Å². The van der Waals surface area contributed by atoms with Crippen molar-refractivity contribution in [1.82, 2.24) is 5.32 Å². The van der Waals surface area contributed by atoms with Gasteiger partial charge in [0.05, 0.1) is 12.1 Å². The minimum atomic E-state index is -4.50. The summed E-state index contributed by atoms with van der Waals surface area (Å²) >= 11 is 1.59. The summed E-state index contributed by atoms with van der Waals surface area (Å²) in [5, 5.41) is 10.2. The van der Waals surface area contributed by atoms with Crippen molar-refractivity contribution >= 4 is 34.5 Å². The van der Waals surface area contributed by atoms with E-state index in [0.717, 1.165) is 17.0 Å². The summed E-state index contributed by atoms with van der Waals surface area (Å²) in [5.41, 5.74) is -0.209. The predicted octanol–water partition coefficient (Wildman–Crippen LogP) is 5.31. The third-order valence-corrected chi connectivity index (χ3v) is 5.45. The lowest BCUT2D eigenvalue weighted by Gasteiger charge is -2.13. The summed E-state index contributed by atoms with van der Waals surface area (Å²) in [4.78, 5) is 25.8. The van der Waals surface area contributed by atoms with Crippen LogP contribution >= 0.6 is 11.3 Å². The number of carbonyl (C=O) groups excluding carboxylic acids is 2. The number of hydrogen-bond acceptors (Lipinski definition) is 4. The molecule has 3 rings (SSSR count). The monoisotopic (exact) mass is 447 g/mol. The van der Waals surface area contributed by atoms with Crippen molar-refractivity contribution in [1.29, 1.82) is 0 Å². The Balaban J connectivity index is 1.59. The summed E-state index contributed by atoms with van der Waals surface area (Å²) in [5.74, 6) is -0.862. The Labute approximate surface area is 181 Å². The summed E-state index contributed by atoms with van der Waals surface area (Å²) in [6.45, 7) is 2.04. The van der Waals surface area contributed by atoms with Crippen molar-refractivity contribution in [2.75, 3.05) is 17.2 Å². The summed E-state index contributed by atoms with van der Waals surface area (Å²) in [6.07, 6.45) is -4.50. The number of rotatable bonds is 7. The van der Waals surface area contributed by atoms with Crippen LogP contribution in [0.15, 0.2) is 66.0 Å². The van der Waals surface area contributed by atoms with Crippen molar-refractivity contribution in [3.63, 3.8) is 0 Å². The number of amides is 2. The van der Waals surface area contributed by atoms with Gasteiger partial charge in [-0.1, -0.05) is 18.2 Å². The van der Waals surface area contributed by atoms with E-state index < -0.39 is 17.6 Å². The minimum Gasteiger partial charge on any atom is -0.325 e. The largest absolute Gasteiger partial charge is 0.416 e. The fourth-order valence-corrected chi connectivity index (χ4v) is 3.56. The molecule has 0 unspecified atom stereocenters. The lowest BCUT2D eigenvalue weighted by atomic mass is 10.1. The molecule has 1 atom stereocenters. The van der Waals surface area contributed by atoms with Gasteiger partial charge in [-0.3, -0.25) is 9.59 Å². The SMILES string of the molecule is C[C@H](NCC(=O)Nc1cccc(C(=O)Nc2cccc(C(F)(F)F)c2)c1)c1cccs1. The molecule has 0 spiro atoms. The standard InChI is InChI=1S/C22H20F3N3O2S/c1-14(19-9-4-10-31-19)26-13-20(29)27-17-7-2-5-15(11-17)21(30)28-18-8-3-6-16(12-18)22(23,24)25/h2-12,14,26H,13H2,1H3,(H,27,29)(H,28,30)/t14-/m0/s1. The molecule has 2 aromatic carbocycles. The smallest absolute Gasteiger partial charge is 0.325 e. The van der Waals surface area contributed by atoms with Crippen molar-refractivity contribution in [2.45, 2.75) is 19.1 Å². The van der Waals surface area contributed by atoms with E-state index in [1.807, 2.05) is 24.4 Å². The van der Waals surface area contributed by atoms with Gasteiger partial charge in [0.25, 0.3) is 5.91 Å². The molecule has 1 aromatic heterocycles. The Morgan fingerprint density at radius 3 is 2.35 bits per heavy atom. The lowest BCUT2D eigenvalue weighted by molar-refractivity contribution is -0.137. The lowest BCUT2D eigenvalue weighted by Crippen LogP contribution is -2.29. The zero-order valence-corrected chi connectivity index (χ0v) is 17.3. The van der Waals surface area contributed by atoms with Crippen LogP contribution < -0.4 is 16.0 Å². The van der Waals surface area contributed by atoms with Crippen LogP contribution in [-0.2, 0) is 11.0 Å². The van der Waals surface area contributed by atoms with E-state index in [0.29, 0.717) is 5.69 Å². The van der Waals surface area contributed by atoms with E-state index in [1.165, 1.54) is 24.3 Å². The molecule has 31 heavy (non-hydrogen) atoms. The van der Waals surface area contributed by atoms with Gasteiger partial charge in [-0.15, -0.1) is 11.3 Å². The Hall–Kier alpha value is -3.17. The van der Waals surface area contributed by atoms with Crippen molar-refractivity contribution in [3.8, 4) is 0 Å². The molecule has 0 fully saturated rings. The number of thiophene rings is 1. The van der Waals surface area contributed by atoms with Crippen molar-refractivity contribution in [3.05, 3.63) is 82.0 Å². The molecule has 9 heteroatoms. The number of alkyl halides is 3. The molecule has 0 aliphatic carbocycles. The number of nitrogens with one attached hydrogen (secondary N) is 3. The third-order valence-electron chi connectivity index (χ3n) is 4.40. The molecule has 0 radical (unpaired) electrons. The first-order valence-electron chi connectivity index (χ1n) is 9.37. The fourth-order valence-electron chi connectivity index (χ4n) is 2.80. The Bertz CT molecular complexity index is 1050. The second kappa shape index (κ2) is 9.76. The van der Waals surface area contributed by atoms with Crippen LogP contribution in [0, 0.1) is 0 Å². The molecule has 0 saturated heterocycles. The van der Waals surface area contributed by atoms with Gasteiger partial charge in [-0.05, 0) is 54.8 Å². The molecular formula is C22H20F3N3O2S. The van der Waals surface area contributed by atoms with E-state index in [2.05, 4.69) is 16.0 Å². The Kier molecular flexibility index (Phi) is 7.09. The van der Waals surface area contributed by atoms with E-state index >= 15 is 0 Å². The molecular weight excluding hydrogens is 427 g/mol. The van der Waals surface area contributed by atoms with E-state index in [-0.39, 0.29) is 29.7 Å². The predicted molar refractivity (Wildman–Crippen MR) is 115 cm³/mol. The van der Waals surface area contributed by atoms with Crippen molar-refractivity contribution in [2.24, 2.45) is 0 Å². The molecule has 0 aliphatic heterocycles. The number of benzene rings is 2. The van der Waals surface area contributed by atoms with Gasteiger partial charge in [0.15, 0.2) is 0 Å². The summed E-state index contributed by atoms with van der Waals surface area (Å²) in [6, 6.07) is 14.5. The maximum atomic E-state index is 12.8. The molecule has 2 amide bonds. The Morgan fingerprint density at radius 1 is 0.968 bits per heavy atom. The maximum Gasteiger partial charge on any atom is 0.416 e. The number of anilines is 2. The van der Waals surface area contributed by atoms with Crippen LogP contribution in [-0.4, -0.2) is 18.4 Å². The normalized spacial score (nSPS) is 12.3. The van der Waals surface area contributed by atoms with Crippen LogP contribution in [0.5, 0.6) is 0 Å². The average molecular weight is 447 g/mol. The zero-order chi connectivity index (χ0) is 22.4. The average Bonchev–Trinajstić information content (AvgIpc) is 3.27. The molecule has 0 bridgehead atoms. The van der Waals surface area contributed by atoms with Gasteiger partial charge >= 0.3 is 6.18 Å². The van der Waals surface area contributed by atoms with Gasteiger partial charge in [0.2, 0.25) is 5.91 Å². The van der Waals surface area contributed by atoms with Crippen molar-refractivity contribution < 1.29 is 22.8 Å². The molecule has 3 aromatic rings. The summed E-state index contributed by atoms with van der Waals surface area (Å²) in [7, 11) is 0. The van der Waals surface area contributed by atoms with Gasteiger partial charge in [-0.25, -0.2) is 0 Å². The van der Waals surface area contributed by atoms with E-state index in [4.69, 9.17) is 0 Å². The van der Waals surface area contributed by atoms with Crippen LogP contribution in [0.1, 0.15) is 33.8 Å². The highest BCUT2D eigenvalue weighted by Gasteiger charge is 2.30. The molecule has 0 saturated carbocycles. The number of halogens is 3. The molecule has 0 aliphatic rings. The summed E-state index contributed by atoms with van der Waals surface area (Å²) < 4.78 is 38.5. The Morgan fingerprint density at radius 2 is 1.68 bits per heavy atom. The quantitative estimate of drug-likeness (QED) is 0.460. The van der Waals surface area contributed by atoms with Crippen LogP contribution in [0.2, 0.25) is 0 Å². The first-order valence-corrected chi connectivity index (χ1v) is 10.3. The van der Waals surface area contributed by atoms with Gasteiger partial charge in [0, 0.05) is 27.9 Å². The maximum absolute atomic E-state index is 12.8. The topological polar surface area (TPSA) is 70.2 Å². The van der Waals surface area contributed by atoms with E-state index in [1.54, 1.807) is 23.5 Å². The third kappa shape index (κ3) is 6.40.